The second-order valence-corrected chi connectivity index (χ2v) is 8.81. The number of carbonyl (C=O) groups excluding carboxylic acids is 1. The van der Waals surface area contributed by atoms with Crippen molar-refractivity contribution in [2.45, 2.75) is 51.6 Å². The van der Waals surface area contributed by atoms with Crippen molar-refractivity contribution in [1.29, 1.82) is 0 Å². The lowest BCUT2D eigenvalue weighted by molar-refractivity contribution is -0.132. The van der Waals surface area contributed by atoms with Gasteiger partial charge in [-0.2, -0.15) is 5.10 Å². The summed E-state index contributed by atoms with van der Waals surface area (Å²) in [7, 11) is 1.92. The Labute approximate surface area is 181 Å². The molecule has 7 nitrogen and oxygen atoms in total. The maximum absolute atomic E-state index is 12.4. The number of pyridine rings is 1. The van der Waals surface area contributed by atoms with Crippen molar-refractivity contribution >= 4 is 11.5 Å². The maximum atomic E-state index is 12.4. The number of aryl methyl sites for hydroxylation is 1. The molecule has 0 spiro atoms. The van der Waals surface area contributed by atoms with Crippen molar-refractivity contribution < 1.29 is 4.79 Å². The summed E-state index contributed by atoms with van der Waals surface area (Å²) in [6.07, 6.45) is 12.0. The Kier molecular flexibility index (Phi) is 4.13. The Hall–Kier alpha value is -3.22. The van der Waals surface area contributed by atoms with Crippen LogP contribution in [-0.4, -0.2) is 41.7 Å². The van der Waals surface area contributed by atoms with Crippen molar-refractivity contribution in [2.75, 3.05) is 6.54 Å². The minimum atomic E-state index is 0.218. The van der Waals surface area contributed by atoms with Gasteiger partial charge in [-0.3, -0.25) is 14.5 Å². The van der Waals surface area contributed by atoms with Crippen LogP contribution in [0.25, 0.3) is 16.8 Å². The second-order valence-electron chi connectivity index (χ2n) is 8.81. The molecule has 1 aliphatic heterocycles. The molecule has 1 saturated carbocycles. The van der Waals surface area contributed by atoms with Crippen LogP contribution in [0.2, 0.25) is 0 Å². The van der Waals surface area contributed by atoms with E-state index >= 15 is 0 Å². The number of amides is 1. The molecule has 7 heteroatoms. The number of aromatic nitrogens is 5. The highest BCUT2D eigenvalue weighted by Gasteiger charge is 2.35. The highest BCUT2D eigenvalue weighted by atomic mass is 16.2. The van der Waals surface area contributed by atoms with Gasteiger partial charge in [0.2, 0.25) is 5.91 Å². The van der Waals surface area contributed by atoms with E-state index in [0.29, 0.717) is 18.9 Å². The van der Waals surface area contributed by atoms with E-state index < -0.39 is 0 Å². The van der Waals surface area contributed by atoms with Crippen LogP contribution in [0.15, 0.2) is 30.7 Å². The van der Waals surface area contributed by atoms with Gasteiger partial charge < -0.3 is 9.47 Å². The molecule has 0 saturated heterocycles. The molecule has 31 heavy (non-hydrogen) atoms. The lowest BCUT2D eigenvalue weighted by Gasteiger charge is -2.29. The van der Waals surface area contributed by atoms with E-state index in [2.05, 4.69) is 21.8 Å². The van der Waals surface area contributed by atoms with Crippen LogP contribution < -0.4 is 0 Å². The summed E-state index contributed by atoms with van der Waals surface area (Å²) in [5.41, 5.74) is 7.82. The van der Waals surface area contributed by atoms with Crippen molar-refractivity contribution in [1.82, 2.24) is 29.2 Å². The lowest BCUT2D eigenvalue weighted by Crippen LogP contribution is -2.38. The second kappa shape index (κ2) is 6.90. The highest BCUT2D eigenvalue weighted by Crippen LogP contribution is 2.43. The molecule has 0 unspecified atom stereocenters. The summed E-state index contributed by atoms with van der Waals surface area (Å²) < 4.78 is 4.19. The van der Waals surface area contributed by atoms with Crippen LogP contribution in [0.4, 0.5) is 0 Å². The van der Waals surface area contributed by atoms with Gasteiger partial charge in [-0.05, 0) is 30.9 Å². The van der Waals surface area contributed by atoms with Crippen molar-refractivity contribution in [2.24, 2.45) is 7.05 Å². The fraction of sp³-hybridized carbons (Fsp3) is 0.417. The van der Waals surface area contributed by atoms with Crippen LogP contribution in [0.3, 0.4) is 0 Å². The Balaban J connectivity index is 1.39. The summed E-state index contributed by atoms with van der Waals surface area (Å²) in [4.78, 5) is 24.3. The molecule has 6 rings (SSSR count). The molecule has 3 aliphatic rings. The number of rotatable bonds is 4. The largest absolute Gasteiger partial charge is 0.335 e. The standard InChI is InChI=1S/C24H26N6O/c1-3-22(31)29-8-9-30-21(14-29)23(27-24(30)15-4-5-15)18-7-6-16-10-20(25-12-19(16)18)17-11-26-28(2)13-17/h7,10-13,15H,3-6,8-9,14H2,1-2H3. The number of carbonyl (C=O) groups is 1. The number of allylic oxidation sites excluding steroid dienone is 1. The summed E-state index contributed by atoms with van der Waals surface area (Å²) in [5, 5.41) is 4.27. The van der Waals surface area contributed by atoms with Gasteiger partial charge in [-0.15, -0.1) is 0 Å². The molecule has 1 fully saturated rings. The van der Waals surface area contributed by atoms with E-state index in [1.165, 1.54) is 35.5 Å². The molecule has 4 heterocycles. The molecule has 1 amide bonds. The Bertz CT molecular complexity index is 1230. The van der Waals surface area contributed by atoms with Gasteiger partial charge in [-0.1, -0.05) is 13.0 Å². The van der Waals surface area contributed by atoms with E-state index in [9.17, 15) is 4.79 Å². The van der Waals surface area contributed by atoms with E-state index in [0.717, 1.165) is 42.0 Å². The van der Waals surface area contributed by atoms with Crippen LogP contribution >= 0.6 is 0 Å². The fourth-order valence-electron chi connectivity index (χ4n) is 4.87. The molecule has 0 bridgehead atoms. The normalized spacial score (nSPS) is 17.5. The molecular weight excluding hydrogens is 388 g/mol. The minimum absolute atomic E-state index is 0.218. The topological polar surface area (TPSA) is 68.8 Å². The average molecular weight is 415 g/mol. The van der Waals surface area contributed by atoms with Crippen LogP contribution in [-0.2, 0) is 31.4 Å². The maximum Gasteiger partial charge on any atom is 0.222 e. The van der Waals surface area contributed by atoms with Gasteiger partial charge >= 0.3 is 0 Å². The van der Waals surface area contributed by atoms with Crippen LogP contribution in [0.5, 0.6) is 0 Å². The zero-order chi connectivity index (χ0) is 21.1. The Morgan fingerprint density at radius 1 is 1.23 bits per heavy atom. The van der Waals surface area contributed by atoms with Crippen LogP contribution in [0.1, 0.15) is 60.4 Å². The third-order valence-electron chi connectivity index (χ3n) is 6.70. The van der Waals surface area contributed by atoms with Crippen molar-refractivity contribution in [3.05, 3.63) is 59.1 Å². The van der Waals surface area contributed by atoms with Gasteiger partial charge in [-0.25, -0.2) is 4.98 Å². The third-order valence-corrected chi connectivity index (χ3v) is 6.70. The van der Waals surface area contributed by atoms with E-state index in [1.54, 1.807) is 4.68 Å². The van der Waals surface area contributed by atoms with Gasteiger partial charge in [0.15, 0.2) is 0 Å². The van der Waals surface area contributed by atoms with Gasteiger partial charge in [0, 0.05) is 61.6 Å². The van der Waals surface area contributed by atoms with E-state index in [1.807, 2.05) is 37.5 Å². The van der Waals surface area contributed by atoms with E-state index in [4.69, 9.17) is 9.97 Å². The summed E-state index contributed by atoms with van der Waals surface area (Å²) in [6.45, 7) is 4.21. The average Bonchev–Trinajstić information content (AvgIpc) is 3.23. The summed E-state index contributed by atoms with van der Waals surface area (Å²) >= 11 is 0. The number of nitrogens with zero attached hydrogens (tertiary/aromatic N) is 6. The number of imidazole rings is 1. The Morgan fingerprint density at radius 2 is 2.10 bits per heavy atom. The van der Waals surface area contributed by atoms with Gasteiger partial charge in [0.25, 0.3) is 0 Å². The SMILES string of the molecule is CCC(=O)N1CCn2c(C3CC3)nc(C3=CCc4cc(-c5cnn(C)c5)ncc43)c2C1. The first-order valence-electron chi connectivity index (χ1n) is 11.2. The first-order valence-corrected chi connectivity index (χ1v) is 11.2. The first kappa shape index (κ1) is 18.5. The van der Waals surface area contributed by atoms with Gasteiger partial charge in [0.1, 0.15) is 5.82 Å². The molecule has 0 N–H and O–H groups in total. The predicted octanol–water partition coefficient (Wildman–Crippen LogP) is 3.30. The van der Waals surface area contributed by atoms with Crippen molar-refractivity contribution in [3.8, 4) is 11.3 Å². The minimum Gasteiger partial charge on any atom is -0.335 e. The number of hydrogen-bond acceptors (Lipinski definition) is 4. The fourth-order valence-corrected chi connectivity index (χ4v) is 4.87. The summed E-state index contributed by atoms with van der Waals surface area (Å²) in [5.74, 6) is 2.01. The van der Waals surface area contributed by atoms with Gasteiger partial charge in [0.05, 0.1) is 29.8 Å². The molecule has 0 aromatic carbocycles. The molecular formula is C24H26N6O. The summed E-state index contributed by atoms with van der Waals surface area (Å²) in [6, 6.07) is 2.17. The monoisotopic (exact) mass is 414 g/mol. The molecule has 0 radical (unpaired) electrons. The molecule has 2 aliphatic carbocycles. The zero-order valence-corrected chi connectivity index (χ0v) is 18.0. The predicted molar refractivity (Wildman–Crippen MR) is 117 cm³/mol. The van der Waals surface area contributed by atoms with Crippen LogP contribution in [0, 0.1) is 0 Å². The molecule has 0 atom stereocenters. The zero-order valence-electron chi connectivity index (χ0n) is 18.0. The quantitative estimate of drug-likeness (QED) is 0.657. The third kappa shape index (κ3) is 3.02. The highest BCUT2D eigenvalue weighted by molar-refractivity contribution is 5.85. The molecule has 3 aromatic heterocycles. The van der Waals surface area contributed by atoms with Crippen molar-refractivity contribution in [3.63, 3.8) is 0 Å². The molecule has 3 aromatic rings. The van der Waals surface area contributed by atoms with E-state index in [-0.39, 0.29) is 5.91 Å². The number of hydrogen-bond donors (Lipinski definition) is 0. The Morgan fingerprint density at radius 3 is 2.84 bits per heavy atom. The lowest BCUT2D eigenvalue weighted by atomic mass is 10.0. The molecule has 158 valence electrons. The first-order chi connectivity index (χ1) is 15.1. The smallest absolute Gasteiger partial charge is 0.222 e. The number of fused-ring (bicyclic) bond motifs is 2.